The summed E-state index contributed by atoms with van der Waals surface area (Å²) in [5.41, 5.74) is 1.21. The molecule has 2 atom stereocenters. The van der Waals surface area contributed by atoms with Gasteiger partial charge in [-0.3, -0.25) is 9.89 Å². The highest BCUT2D eigenvalue weighted by Gasteiger charge is 2.24. The highest BCUT2D eigenvalue weighted by Crippen LogP contribution is 2.24. The van der Waals surface area contributed by atoms with Crippen LogP contribution in [0.1, 0.15) is 18.9 Å². The maximum absolute atomic E-state index is 5.41. The summed E-state index contributed by atoms with van der Waals surface area (Å²) in [6.45, 7) is 12.0. The Labute approximate surface area is 193 Å². The maximum Gasteiger partial charge on any atom is 0.191 e. The van der Waals surface area contributed by atoms with Crippen molar-refractivity contribution in [2.45, 2.75) is 25.9 Å². The molecule has 0 aromatic heterocycles. The largest absolute Gasteiger partial charge is 0.497 e. The van der Waals surface area contributed by atoms with Crippen LogP contribution in [0.25, 0.3) is 0 Å². The van der Waals surface area contributed by atoms with Crippen molar-refractivity contribution in [1.82, 2.24) is 25.3 Å². The van der Waals surface area contributed by atoms with Crippen LogP contribution in [0.4, 0.5) is 0 Å². The zero-order valence-electron chi connectivity index (χ0n) is 20.6. The molecule has 2 unspecified atom stereocenters. The summed E-state index contributed by atoms with van der Waals surface area (Å²) in [6.07, 6.45) is 1.11. The number of hydrogen-bond donors (Lipinski definition) is 2. The van der Waals surface area contributed by atoms with Gasteiger partial charge < -0.3 is 29.9 Å². The molecule has 2 aliphatic heterocycles. The summed E-state index contributed by atoms with van der Waals surface area (Å²) in [7, 11) is 7.45. The molecular weight excluding hydrogens is 404 g/mol. The number of rotatable bonds is 9. The molecule has 8 heteroatoms. The number of hydrogen-bond acceptors (Lipinski definition) is 6. The van der Waals surface area contributed by atoms with Crippen molar-refractivity contribution in [3.05, 3.63) is 23.8 Å². The van der Waals surface area contributed by atoms with Gasteiger partial charge in [0.25, 0.3) is 0 Å². The molecule has 3 rings (SSSR count). The van der Waals surface area contributed by atoms with Gasteiger partial charge >= 0.3 is 0 Å². The van der Waals surface area contributed by atoms with Crippen molar-refractivity contribution in [1.29, 1.82) is 0 Å². The van der Waals surface area contributed by atoms with Gasteiger partial charge in [-0.2, -0.15) is 0 Å². The molecule has 2 N–H and O–H groups in total. The maximum atomic E-state index is 5.41. The number of nitrogens with one attached hydrogen (secondary N) is 2. The fraction of sp³-hybridized carbons (Fsp3) is 0.708. The molecule has 1 aromatic carbocycles. The van der Waals surface area contributed by atoms with Crippen LogP contribution in [-0.4, -0.2) is 107 Å². The summed E-state index contributed by atoms with van der Waals surface area (Å²) in [5.74, 6) is 3.16. The summed E-state index contributed by atoms with van der Waals surface area (Å²) >= 11 is 0. The molecule has 2 saturated heterocycles. The van der Waals surface area contributed by atoms with Crippen LogP contribution in [0.2, 0.25) is 0 Å². The molecule has 180 valence electrons. The number of guanidine groups is 1. The van der Waals surface area contributed by atoms with E-state index in [1.165, 1.54) is 31.7 Å². The number of methoxy groups -OCH3 is 2. The summed E-state index contributed by atoms with van der Waals surface area (Å²) < 4.78 is 10.8. The molecule has 0 saturated carbocycles. The van der Waals surface area contributed by atoms with Crippen LogP contribution in [0.5, 0.6) is 11.5 Å². The molecule has 2 heterocycles. The third-order valence-corrected chi connectivity index (χ3v) is 6.44. The molecule has 0 aliphatic carbocycles. The number of likely N-dealkylation sites (N-methyl/N-ethyl adjacent to an activating group) is 1. The third-order valence-electron chi connectivity index (χ3n) is 6.44. The fourth-order valence-electron chi connectivity index (χ4n) is 4.50. The van der Waals surface area contributed by atoms with E-state index in [1.54, 1.807) is 14.2 Å². The topological polar surface area (TPSA) is 64.6 Å². The lowest BCUT2D eigenvalue weighted by Crippen LogP contribution is -2.48. The molecule has 0 amide bonds. The fourth-order valence-corrected chi connectivity index (χ4v) is 4.50. The first-order chi connectivity index (χ1) is 15.5. The second kappa shape index (κ2) is 12.3. The Bertz CT molecular complexity index is 713. The number of ether oxygens (including phenoxy) is 2. The average Bonchev–Trinajstić information content (AvgIpc) is 3.24. The van der Waals surface area contributed by atoms with Crippen LogP contribution in [0, 0.1) is 5.92 Å². The van der Waals surface area contributed by atoms with Crippen LogP contribution in [-0.2, 0) is 6.54 Å². The molecule has 0 spiro atoms. The summed E-state index contributed by atoms with van der Waals surface area (Å²) in [5, 5.41) is 7.16. The number of likely N-dealkylation sites (tertiary alicyclic amines) is 1. The van der Waals surface area contributed by atoms with Gasteiger partial charge in [-0.05, 0) is 37.1 Å². The van der Waals surface area contributed by atoms with E-state index in [9.17, 15) is 0 Å². The Morgan fingerprint density at radius 2 is 1.75 bits per heavy atom. The lowest BCUT2D eigenvalue weighted by Gasteiger charge is -2.34. The van der Waals surface area contributed by atoms with E-state index in [1.807, 2.05) is 13.1 Å². The minimum Gasteiger partial charge on any atom is -0.497 e. The van der Waals surface area contributed by atoms with E-state index in [0.717, 1.165) is 56.6 Å². The van der Waals surface area contributed by atoms with Crippen LogP contribution in [0.3, 0.4) is 0 Å². The van der Waals surface area contributed by atoms with Gasteiger partial charge in [-0.1, -0.05) is 6.92 Å². The minimum atomic E-state index is 0.404. The van der Waals surface area contributed by atoms with Crippen LogP contribution < -0.4 is 20.1 Å². The van der Waals surface area contributed by atoms with E-state index in [4.69, 9.17) is 9.47 Å². The van der Waals surface area contributed by atoms with Crippen LogP contribution >= 0.6 is 0 Å². The highest BCUT2D eigenvalue weighted by molar-refractivity contribution is 5.80. The number of aliphatic imine (C=N–C) groups is 1. The van der Waals surface area contributed by atoms with E-state index in [-0.39, 0.29) is 0 Å². The molecule has 0 bridgehead atoms. The van der Waals surface area contributed by atoms with Crippen LogP contribution in [0.15, 0.2) is 23.2 Å². The van der Waals surface area contributed by atoms with Crippen molar-refractivity contribution >= 4 is 5.96 Å². The van der Waals surface area contributed by atoms with Crippen molar-refractivity contribution in [3.63, 3.8) is 0 Å². The average molecular weight is 447 g/mol. The van der Waals surface area contributed by atoms with Crippen molar-refractivity contribution in [2.75, 3.05) is 80.7 Å². The van der Waals surface area contributed by atoms with Gasteiger partial charge in [-0.15, -0.1) is 0 Å². The van der Waals surface area contributed by atoms with Gasteiger partial charge in [0.1, 0.15) is 11.5 Å². The first-order valence-corrected chi connectivity index (χ1v) is 11.8. The standard InChI is InChI=1S/C24H42N6O2/c1-19(16-29-10-8-28(3)9-11-29)15-26-24(25-2)27-21-6-7-30(18-21)17-20-12-22(31-4)14-23(13-20)32-5/h12-14,19,21H,6-11,15-18H2,1-5H3,(H2,25,26,27). The summed E-state index contributed by atoms with van der Waals surface area (Å²) in [6, 6.07) is 6.50. The zero-order valence-corrected chi connectivity index (χ0v) is 20.6. The Morgan fingerprint density at radius 1 is 1.06 bits per heavy atom. The lowest BCUT2D eigenvalue weighted by molar-refractivity contribution is 0.139. The number of nitrogens with zero attached hydrogens (tertiary/aromatic N) is 4. The highest BCUT2D eigenvalue weighted by atomic mass is 16.5. The van der Waals surface area contributed by atoms with Gasteiger partial charge in [0, 0.05) is 78.1 Å². The predicted octanol–water partition coefficient (Wildman–Crippen LogP) is 1.33. The number of piperazine rings is 1. The first-order valence-electron chi connectivity index (χ1n) is 11.8. The molecule has 1 aromatic rings. The number of benzene rings is 1. The SMILES string of the molecule is CN=C(NCC(C)CN1CCN(C)CC1)NC1CCN(Cc2cc(OC)cc(OC)c2)C1. The van der Waals surface area contributed by atoms with Crippen molar-refractivity contribution < 1.29 is 9.47 Å². The molecule has 32 heavy (non-hydrogen) atoms. The molecule has 2 fully saturated rings. The van der Waals surface area contributed by atoms with Gasteiger partial charge in [0.2, 0.25) is 0 Å². The monoisotopic (exact) mass is 446 g/mol. The quantitative estimate of drug-likeness (QED) is 0.438. The smallest absolute Gasteiger partial charge is 0.191 e. The normalized spacial score (nSPS) is 22.0. The van der Waals surface area contributed by atoms with E-state index in [0.29, 0.717) is 12.0 Å². The van der Waals surface area contributed by atoms with E-state index in [2.05, 4.69) is 56.4 Å². The minimum absolute atomic E-state index is 0.404. The predicted molar refractivity (Wildman–Crippen MR) is 131 cm³/mol. The lowest BCUT2D eigenvalue weighted by atomic mass is 10.1. The Morgan fingerprint density at radius 3 is 2.38 bits per heavy atom. The van der Waals surface area contributed by atoms with E-state index >= 15 is 0 Å². The summed E-state index contributed by atoms with van der Waals surface area (Å²) in [4.78, 5) is 11.9. The third kappa shape index (κ3) is 7.53. The first kappa shape index (κ1) is 24.6. The van der Waals surface area contributed by atoms with Gasteiger partial charge in [-0.25, -0.2) is 0 Å². The van der Waals surface area contributed by atoms with Gasteiger partial charge in [0.05, 0.1) is 14.2 Å². The second-order valence-corrected chi connectivity index (χ2v) is 9.25. The van der Waals surface area contributed by atoms with E-state index < -0.39 is 0 Å². The Balaban J connectivity index is 1.41. The van der Waals surface area contributed by atoms with Gasteiger partial charge in [0.15, 0.2) is 5.96 Å². The zero-order chi connectivity index (χ0) is 22.9. The Kier molecular flexibility index (Phi) is 9.44. The molecule has 2 aliphatic rings. The van der Waals surface area contributed by atoms with Crippen molar-refractivity contribution in [2.24, 2.45) is 10.9 Å². The van der Waals surface area contributed by atoms with Crippen molar-refractivity contribution in [3.8, 4) is 11.5 Å². The Hall–Kier alpha value is -2.03. The molecule has 0 radical (unpaired) electrons. The molecular formula is C24H42N6O2. The molecule has 8 nitrogen and oxygen atoms in total. The second-order valence-electron chi connectivity index (χ2n) is 9.25.